The van der Waals surface area contributed by atoms with Gasteiger partial charge in [-0.05, 0) is 37.5 Å². The summed E-state index contributed by atoms with van der Waals surface area (Å²) in [6.45, 7) is 2.41. The van der Waals surface area contributed by atoms with Crippen molar-refractivity contribution in [2.45, 2.75) is 44.3 Å². The fourth-order valence-corrected chi connectivity index (χ4v) is 3.51. The molecule has 0 aromatic heterocycles. The van der Waals surface area contributed by atoms with Gasteiger partial charge in [0.15, 0.2) is 0 Å². The van der Waals surface area contributed by atoms with Crippen LogP contribution in [0.1, 0.15) is 44.3 Å². The number of anilines is 1. The van der Waals surface area contributed by atoms with Crippen molar-refractivity contribution in [2.75, 3.05) is 18.5 Å². The number of aliphatic hydroxyl groups is 2. The molecule has 0 saturated heterocycles. The highest BCUT2D eigenvalue weighted by molar-refractivity contribution is 9.10. The van der Waals surface area contributed by atoms with E-state index in [4.69, 9.17) is 0 Å². The van der Waals surface area contributed by atoms with E-state index in [9.17, 15) is 10.2 Å². The Morgan fingerprint density at radius 2 is 2.00 bits per heavy atom. The summed E-state index contributed by atoms with van der Waals surface area (Å²) in [5, 5.41) is 20.1. The van der Waals surface area contributed by atoms with Crippen molar-refractivity contribution in [3.8, 4) is 0 Å². The molecule has 1 aliphatic rings. The Labute approximate surface area is 123 Å². The van der Waals surface area contributed by atoms with E-state index in [1.807, 2.05) is 25.2 Å². The molecule has 106 valence electrons. The van der Waals surface area contributed by atoms with E-state index in [1.54, 1.807) is 6.92 Å². The Hall–Kier alpha value is -0.580. The fraction of sp³-hybridized carbons (Fsp3) is 0.600. The average Bonchev–Trinajstić information content (AvgIpc) is 2.75. The van der Waals surface area contributed by atoms with E-state index in [2.05, 4.69) is 20.8 Å². The van der Waals surface area contributed by atoms with Crippen LogP contribution in [0, 0.1) is 0 Å². The first-order chi connectivity index (χ1) is 8.91. The minimum atomic E-state index is -0.538. The molecule has 1 atom stereocenters. The van der Waals surface area contributed by atoms with Crippen molar-refractivity contribution < 1.29 is 10.2 Å². The van der Waals surface area contributed by atoms with Crippen LogP contribution in [-0.4, -0.2) is 29.4 Å². The Bertz CT molecular complexity index is 442. The van der Waals surface area contributed by atoms with Gasteiger partial charge in [-0.3, -0.25) is 0 Å². The smallest absolute Gasteiger partial charge is 0.0821 e. The summed E-state index contributed by atoms with van der Waals surface area (Å²) in [7, 11) is 2.00. The van der Waals surface area contributed by atoms with Gasteiger partial charge in [-0.2, -0.15) is 0 Å². The molecule has 0 bridgehead atoms. The summed E-state index contributed by atoms with van der Waals surface area (Å²) in [5.74, 6) is 0. The van der Waals surface area contributed by atoms with E-state index < -0.39 is 11.7 Å². The van der Waals surface area contributed by atoms with Crippen LogP contribution in [0.15, 0.2) is 22.7 Å². The maximum Gasteiger partial charge on any atom is 0.0821 e. The Morgan fingerprint density at radius 3 is 2.53 bits per heavy atom. The molecule has 0 radical (unpaired) electrons. The van der Waals surface area contributed by atoms with Crippen LogP contribution >= 0.6 is 15.9 Å². The Balaban J connectivity index is 2.11. The van der Waals surface area contributed by atoms with Gasteiger partial charge in [0.1, 0.15) is 0 Å². The first kappa shape index (κ1) is 14.8. The average molecular weight is 328 g/mol. The Morgan fingerprint density at radius 1 is 1.37 bits per heavy atom. The summed E-state index contributed by atoms with van der Waals surface area (Å²) in [6, 6.07) is 5.92. The molecule has 1 saturated carbocycles. The van der Waals surface area contributed by atoms with Crippen molar-refractivity contribution in [2.24, 2.45) is 0 Å². The highest BCUT2D eigenvalue weighted by atomic mass is 79.9. The molecule has 4 heteroatoms. The van der Waals surface area contributed by atoms with E-state index in [0.29, 0.717) is 6.54 Å². The van der Waals surface area contributed by atoms with Gasteiger partial charge in [-0.25, -0.2) is 0 Å². The first-order valence-corrected chi connectivity index (χ1v) is 7.62. The van der Waals surface area contributed by atoms with Crippen molar-refractivity contribution in [1.82, 2.24) is 0 Å². The SMILES string of the molecule is C[C@H](O)c1ccc(N(C)CC2(O)CCCC2)cc1Br. The zero-order chi connectivity index (χ0) is 14.0. The monoisotopic (exact) mass is 327 g/mol. The summed E-state index contributed by atoms with van der Waals surface area (Å²) in [4.78, 5) is 2.09. The van der Waals surface area contributed by atoms with Crippen LogP contribution in [0.2, 0.25) is 0 Å². The zero-order valence-electron chi connectivity index (χ0n) is 11.6. The predicted molar refractivity (Wildman–Crippen MR) is 81.5 cm³/mol. The van der Waals surface area contributed by atoms with Gasteiger partial charge in [-0.15, -0.1) is 0 Å². The molecule has 0 heterocycles. The summed E-state index contributed by atoms with van der Waals surface area (Å²) in [6.07, 6.45) is 3.55. The van der Waals surface area contributed by atoms with Gasteiger partial charge in [0, 0.05) is 23.8 Å². The van der Waals surface area contributed by atoms with Crippen LogP contribution in [0.25, 0.3) is 0 Å². The lowest BCUT2D eigenvalue weighted by Crippen LogP contribution is -2.39. The van der Waals surface area contributed by atoms with Gasteiger partial charge in [0.05, 0.1) is 11.7 Å². The summed E-state index contributed by atoms with van der Waals surface area (Å²) >= 11 is 3.49. The molecule has 0 spiro atoms. The maximum atomic E-state index is 10.4. The van der Waals surface area contributed by atoms with Gasteiger partial charge < -0.3 is 15.1 Å². The van der Waals surface area contributed by atoms with Crippen LogP contribution in [0.4, 0.5) is 5.69 Å². The molecule has 1 fully saturated rings. The summed E-state index contributed by atoms with van der Waals surface area (Å²) < 4.78 is 0.908. The third-order valence-electron chi connectivity index (χ3n) is 3.94. The highest BCUT2D eigenvalue weighted by Crippen LogP contribution is 2.33. The van der Waals surface area contributed by atoms with Crippen LogP contribution < -0.4 is 4.90 Å². The largest absolute Gasteiger partial charge is 0.389 e. The first-order valence-electron chi connectivity index (χ1n) is 6.82. The minimum Gasteiger partial charge on any atom is -0.389 e. The lowest BCUT2D eigenvalue weighted by molar-refractivity contribution is 0.0559. The number of hydrogen-bond acceptors (Lipinski definition) is 3. The molecule has 2 N–H and O–H groups in total. The molecule has 0 unspecified atom stereocenters. The molecule has 1 aromatic rings. The maximum absolute atomic E-state index is 10.4. The molecule has 1 aliphatic carbocycles. The number of halogens is 1. The van der Waals surface area contributed by atoms with Gasteiger partial charge in [-0.1, -0.05) is 34.8 Å². The third-order valence-corrected chi connectivity index (χ3v) is 4.63. The predicted octanol–water partition coefficient (Wildman–Crippen LogP) is 3.24. The second kappa shape index (κ2) is 5.81. The fourth-order valence-electron chi connectivity index (χ4n) is 2.82. The molecule has 0 amide bonds. The van der Waals surface area contributed by atoms with Gasteiger partial charge in [0.2, 0.25) is 0 Å². The quantitative estimate of drug-likeness (QED) is 0.892. The molecule has 3 nitrogen and oxygen atoms in total. The van der Waals surface area contributed by atoms with Crippen molar-refractivity contribution >= 4 is 21.6 Å². The lowest BCUT2D eigenvalue weighted by Gasteiger charge is -2.30. The standard InChI is InChI=1S/C15H22BrNO2/c1-11(18)13-6-5-12(9-14(13)16)17(2)10-15(19)7-3-4-8-15/h5-6,9,11,18-19H,3-4,7-8,10H2,1-2H3/t11-/m0/s1. The number of hydrogen-bond donors (Lipinski definition) is 2. The number of nitrogens with zero attached hydrogens (tertiary/aromatic N) is 1. The normalized spacial score (nSPS) is 19.4. The van der Waals surface area contributed by atoms with Crippen LogP contribution in [-0.2, 0) is 0 Å². The molecule has 0 aliphatic heterocycles. The van der Waals surface area contributed by atoms with E-state index in [1.165, 1.54) is 0 Å². The molecule has 19 heavy (non-hydrogen) atoms. The van der Waals surface area contributed by atoms with E-state index in [-0.39, 0.29) is 0 Å². The van der Waals surface area contributed by atoms with Crippen LogP contribution in [0.3, 0.4) is 0 Å². The van der Waals surface area contributed by atoms with Crippen molar-refractivity contribution in [1.29, 1.82) is 0 Å². The molecular formula is C15H22BrNO2. The highest BCUT2D eigenvalue weighted by Gasteiger charge is 2.32. The van der Waals surface area contributed by atoms with Crippen molar-refractivity contribution in [3.63, 3.8) is 0 Å². The number of rotatable bonds is 4. The van der Waals surface area contributed by atoms with Crippen LogP contribution in [0.5, 0.6) is 0 Å². The second-order valence-electron chi connectivity index (χ2n) is 5.67. The Kier molecular flexibility index (Phi) is 4.54. The topological polar surface area (TPSA) is 43.7 Å². The molecule has 2 rings (SSSR count). The second-order valence-corrected chi connectivity index (χ2v) is 6.52. The number of likely N-dealkylation sites (N-methyl/N-ethyl adjacent to an activating group) is 1. The van der Waals surface area contributed by atoms with E-state index in [0.717, 1.165) is 41.4 Å². The summed E-state index contributed by atoms with van der Waals surface area (Å²) in [5.41, 5.74) is 1.40. The lowest BCUT2D eigenvalue weighted by atomic mass is 10.0. The zero-order valence-corrected chi connectivity index (χ0v) is 13.2. The third kappa shape index (κ3) is 3.50. The van der Waals surface area contributed by atoms with Gasteiger partial charge in [0.25, 0.3) is 0 Å². The minimum absolute atomic E-state index is 0.479. The number of benzene rings is 1. The molecular weight excluding hydrogens is 306 g/mol. The number of aliphatic hydroxyl groups excluding tert-OH is 1. The van der Waals surface area contributed by atoms with E-state index >= 15 is 0 Å². The molecule has 1 aromatic carbocycles. The van der Waals surface area contributed by atoms with Crippen molar-refractivity contribution in [3.05, 3.63) is 28.2 Å². The van der Waals surface area contributed by atoms with Gasteiger partial charge >= 0.3 is 0 Å².